The lowest BCUT2D eigenvalue weighted by molar-refractivity contribution is -0.115. The van der Waals surface area contributed by atoms with E-state index in [4.69, 9.17) is 5.84 Å². The quantitative estimate of drug-likeness (QED) is 0.316. The van der Waals surface area contributed by atoms with Crippen molar-refractivity contribution in [2.75, 3.05) is 11.9 Å². The number of hydrogen-bond donors (Lipinski definition) is 3. The number of anilines is 1. The number of carbonyl (C=O) groups excluding carboxylic acids is 1. The number of alkyl halides is 3. The van der Waals surface area contributed by atoms with E-state index in [0.29, 0.717) is 28.1 Å². The minimum absolute atomic E-state index is 0.136. The van der Waals surface area contributed by atoms with E-state index in [0.717, 1.165) is 0 Å². The van der Waals surface area contributed by atoms with Gasteiger partial charge in [-0.05, 0) is 42.5 Å². The van der Waals surface area contributed by atoms with Crippen LogP contribution in [0.2, 0.25) is 0 Å². The second-order valence-electron chi connectivity index (χ2n) is 7.09. The van der Waals surface area contributed by atoms with Crippen LogP contribution in [0.25, 0.3) is 5.57 Å². The molecule has 0 spiro atoms. The molecule has 4 N–H and O–H groups in total. The molecule has 0 atom stereocenters. The molecule has 0 unspecified atom stereocenters. The van der Waals surface area contributed by atoms with Gasteiger partial charge >= 0.3 is 6.18 Å². The first-order valence-electron chi connectivity index (χ1n) is 7.97. The lowest BCUT2D eigenvalue weighted by Crippen LogP contribution is -2.35. The number of hydrogen-bond acceptors (Lipinski definition) is 4. The topological polar surface area (TPSA) is 79.5 Å². The van der Waals surface area contributed by atoms with Crippen molar-refractivity contribution < 1.29 is 18.0 Å². The molecule has 0 aliphatic heterocycles. The van der Waals surface area contributed by atoms with Crippen LogP contribution in [0, 0.1) is 0 Å². The Morgan fingerprint density at radius 3 is 2.23 bits per heavy atom. The van der Waals surface area contributed by atoms with Crippen LogP contribution in [-0.4, -0.2) is 24.3 Å². The van der Waals surface area contributed by atoms with Crippen LogP contribution in [-0.2, 0) is 10.2 Å². The number of rotatable bonds is 5. The SMILES string of the molecule is C=C(C)c1cc(NCC(F)(F)F)cc(C(C)(C)C)c1N=C(C)C(=O)NN. The van der Waals surface area contributed by atoms with Gasteiger partial charge in [-0.15, -0.1) is 0 Å². The Labute approximate surface area is 151 Å². The van der Waals surface area contributed by atoms with Crippen molar-refractivity contribution in [2.45, 2.75) is 46.2 Å². The van der Waals surface area contributed by atoms with E-state index in [1.165, 1.54) is 6.92 Å². The highest BCUT2D eigenvalue weighted by molar-refractivity contribution is 6.38. The van der Waals surface area contributed by atoms with Crippen molar-refractivity contribution in [3.63, 3.8) is 0 Å². The van der Waals surface area contributed by atoms with E-state index in [9.17, 15) is 18.0 Å². The van der Waals surface area contributed by atoms with Crippen molar-refractivity contribution in [3.8, 4) is 0 Å². The summed E-state index contributed by atoms with van der Waals surface area (Å²) in [4.78, 5) is 16.1. The van der Waals surface area contributed by atoms with Crippen LogP contribution < -0.4 is 16.6 Å². The molecule has 1 amide bonds. The van der Waals surface area contributed by atoms with E-state index in [1.807, 2.05) is 26.2 Å². The number of allylic oxidation sites excluding steroid dienone is 1. The van der Waals surface area contributed by atoms with Crippen molar-refractivity contribution >= 4 is 28.6 Å². The molecule has 0 heterocycles. The van der Waals surface area contributed by atoms with Crippen molar-refractivity contribution in [1.29, 1.82) is 0 Å². The number of amides is 1. The first-order chi connectivity index (χ1) is 11.8. The number of benzene rings is 1. The van der Waals surface area contributed by atoms with Crippen LogP contribution >= 0.6 is 0 Å². The molecule has 1 rings (SSSR count). The molecular weight excluding hydrogens is 345 g/mol. The van der Waals surface area contributed by atoms with Crippen LogP contribution in [0.3, 0.4) is 0 Å². The van der Waals surface area contributed by atoms with E-state index >= 15 is 0 Å². The summed E-state index contributed by atoms with van der Waals surface area (Å²) in [6.45, 7) is 11.7. The summed E-state index contributed by atoms with van der Waals surface area (Å²) >= 11 is 0. The maximum atomic E-state index is 12.6. The molecular formula is C18H25F3N4O. The fourth-order valence-electron chi connectivity index (χ4n) is 2.28. The average Bonchev–Trinajstić information content (AvgIpc) is 2.50. The maximum absolute atomic E-state index is 12.6. The van der Waals surface area contributed by atoms with Gasteiger partial charge in [0, 0.05) is 11.3 Å². The second-order valence-corrected chi connectivity index (χ2v) is 7.09. The minimum Gasteiger partial charge on any atom is -0.376 e. The van der Waals surface area contributed by atoms with Gasteiger partial charge in [-0.1, -0.05) is 27.4 Å². The normalized spacial score (nSPS) is 12.7. The van der Waals surface area contributed by atoms with Crippen molar-refractivity contribution in [1.82, 2.24) is 5.43 Å². The predicted molar refractivity (Wildman–Crippen MR) is 99.5 cm³/mol. The fourth-order valence-corrected chi connectivity index (χ4v) is 2.28. The second kappa shape index (κ2) is 7.90. The number of halogens is 3. The van der Waals surface area contributed by atoms with Gasteiger partial charge in [0.2, 0.25) is 0 Å². The van der Waals surface area contributed by atoms with Gasteiger partial charge in [0.1, 0.15) is 12.3 Å². The third-order valence-electron chi connectivity index (χ3n) is 3.61. The zero-order valence-corrected chi connectivity index (χ0v) is 15.6. The summed E-state index contributed by atoms with van der Waals surface area (Å²) in [5.74, 6) is 4.59. The zero-order chi connectivity index (χ0) is 20.3. The van der Waals surface area contributed by atoms with Crippen LogP contribution in [0.1, 0.15) is 45.7 Å². The Morgan fingerprint density at radius 1 is 1.23 bits per heavy atom. The van der Waals surface area contributed by atoms with Crippen LogP contribution in [0.5, 0.6) is 0 Å². The highest BCUT2D eigenvalue weighted by atomic mass is 19.4. The van der Waals surface area contributed by atoms with Gasteiger partial charge in [-0.3, -0.25) is 10.2 Å². The number of nitrogens with one attached hydrogen (secondary N) is 2. The van der Waals surface area contributed by atoms with Gasteiger partial charge in [0.15, 0.2) is 0 Å². The van der Waals surface area contributed by atoms with Crippen molar-refractivity contribution in [2.24, 2.45) is 10.8 Å². The van der Waals surface area contributed by atoms with E-state index in [-0.39, 0.29) is 5.71 Å². The molecule has 5 nitrogen and oxygen atoms in total. The minimum atomic E-state index is -4.34. The molecule has 0 saturated carbocycles. The Bertz CT molecular complexity index is 731. The Hall–Kier alpha value is -2.35. The lowest BCUT2D eigenvalue weighted by Gasteiger charge is -2.25. The zero-order valence-electron chi connectivity index (χ0n) is 15.6. The van der Waals surface area contributed by atoms with Crippen LogP contribution in [0.4, 0.5) is 24.5 Å². The highest BCUT2D eigenvalue weighted by Gasteiger charge is 2.28. The lowest BCUT2D eigenvalue weighted by atomic mass is 9.83. The van der Waals surface area contributed by atoms with Crippen LogP contribution in [0.15, 0.2) is 23.7 Å². The monoisotopic (exact) mass is 370 g/mol. The average molecular weight is 370 g/mol. The van der Waals surface area contributed by atoms with Crippen molar-refractivity contribution in [3.05, 3.63) is 29.8 Å². The van der Waals surface area contributed by atoms with Gasteiger partial charge in [-0.2, -0.15) is 13.2 Å². The Kier molecular flexibility index (Phi) is 6.59. The summed E-state index contributed by atoms with van der Waals surface area (Å²) < 4.78 is 37.7. The third-order valence-corrected chi connectivity index (χ3v) is 3.61. The molecule has 0 aromatic heterocycles. The largest absolute Gasteiger partial charge is 0.405 e. The highest BCUT2D eigenvalue weighted by Crippen LogP contribution is 2.40. The van der Waals surface area contributed by atoms with Gasteiger partial charge < -0.3 is 5.32 Å². The maximum Gasteiger partial charge on any atom is 0.405 e. The molecule has 0 aliphatic carbocycles. The summed E-state index contributed by atoms with van der Waals surface area (Å²) in [6, 6.07) is 3.17. The molecule has 144 valence electrons. The van der Waals surface area contributed by atoms with Gasteiger partial charge in [0.25, 0.3) is 5.91 Å². The Balaban J connectivity index is 3.61. The van der Waals surface area contributed by atoms with E-state index in [2.05, 4.69) is 16.9 Å². The van der Waals surface area contributed by atoms with Gasteiger partial charge in [0.05, 0.1) is 5.69 Å². The summed E-state index contributed by atoms with van der Waals surface area (Å²) in [6.07, 6.45) is -4.34. The summed E-state index contributed by atoms with van der Waals surface area (Å²) in [7, 11) is 0. The number of hydrazine groups is 1. The van der Waals surface area contributed by atoms with E-state index in [1.54, 1.807) is 19.1 Å². The molecule has 1 aromatic carbocycles. The fraction of sp³-hybridized carbons (Fsp3) is 0.444. The summed E-state index contributed by atoms with van der Waals surface area (Å²) in [5, 5.41) is 2.39. The molecule has 0 radical (unpaired) electrons. The molecule has 1 aromatic rings. The first-order valence-corrected chi connectivity index (χ1v) is 7.97. The molecule has 0 aliphatic rings. The first kappa shape index (κ1) is 21.7. The smallest absolute Gasteiger partial charge is 0.376 e. The van der Waals surface area contributed by atoms with E-state index < -0.39 is 24.0 Å². The molecule has 26 heavy (non-hydrogen) atoms. The van der Waals surface area contributed by atoms with Gasteiger partial charge in [-0.25, -0.2) is 10.8 Å². The third kappa shape index (κ3) is 5.87. The number of nitrogens with zero attached hydrogens (tertiary/aromatic N) is 1. The molecule has 0 bridgehead atoms. The number of carbonyl (C=O) groups is 1. The standard InChI is InChI=1S/C18H25F3N4O/c1-10(2)13-7-12(23-9-18(19,20)21)8-14(17(4,5)6)15(13)24-11(3)16(26)25-22/h7-8,23H,1,9,22H2,2-6H3,(H,25,26). The number of aliphatic imine (C=N–C) groups is 1. The molecule has 0 saturated heterocycles. The number of nitrogens with two attached hydrogens (primary N) is 1. The summed E-state index contributed by atoms with van der Waals surface area (Å²) in [5.41, 5.74) is 4.38. The molecule has 0 fully saturated rings. The molecule has 8 heteroatoms. The Morgan fingerprint density at radius 2 is 1.81 bits per heavy atom. The predicted octanol–water partition coefficient (Wildman–Crippen LogP) is 4.07.